The maximum Gasteiger partial charge on any atom is 0.295 e. The average Bonchev–Trinajstić information content (AvgIpc) is 3.28. The Morgan fingerprint density at radius 2 is 2.14 bits per heavy atom. The van der Waals surface area contributed by atoms with Crippen LogP contribution in [0.5, 0.6) is 0 Å². The quantitative estimate of drug-likeness (QED) is 0.880. The van der Waals surface area contributed by atoms with Crippen LogP contribution in [0.25, 0.3) is 0 Å². The number of aromatic nitrogens is 2. The number of amides is 1. The summed E-state index contributed by atoms with van der Waals surface area (Å²) in [7, 11) is 0. The van der Waals surface area contributed by atoms with Crippen molar-refractivity contribution >= 4 is 5.91 Å². The minimum atomic E-state index is -0.299. The van der Waals surface area contributed by atoms with E-state index < -0.39 is 0 Å². The average molecular weight is 301 g/mol. The summed E-state index contributed by atoms with van der Waals surface area (Å²) in [4.78, 5) is 18.4. The topological polar surface area (TPSA) is 79.5 Å². The monoisotopic (exact) mass is 301 g/mol. The Kier molecular flexibility index (Phi) is 4.20. The first kappa shape index (κ1) is 14.7. The van der Waals surface area contributed by atoms with Crippen LogP contribution in [0.3, 0.4) is 0 Å². The summed E-state index contributed by atoms with van der Waals surface area (Å²) < 4.78 is 4.90. The predicted octanol–water partition coefficient (Wildman–Crippen LogP) is 1.79. The fraction of sp³-hybridized carbons (Fsp3) is 0.438. The molecule has 1 heterocycles. The first-order valence-electron chi connectivity index (χ1n) is 7.45. The predicted molar refractivity (Wildman–Crippen MR) is 78.9 cm³/mol. The second-order valence-corrected chi connectivity index (χ2v) is 5.64. The Morgan fingerprint density at radius 3 is 2.68 bits per heavy atom. The van der Waals surface area contributed by atoms with Gasteiger partial charge in [0.25, 0.3) is 11.7 Å². The number of aliphatic hydroxyl groups excluding tert-OH is 1. The minimum absolute atomic E-state index is 0.0486. The number of hydrogen-bond acceptors (Lipinski definition) is 5. The number of aliphatic hydroxyl groups is 1. The van der Waals surface area contributed by atoms with Gasteiger partial charge in [0, 0.05) is 13.5 Å². The van der Waals surface area contributed by atoms with Crippen molar-refractivity contribution in [3.8, 4) is 0 Å². The van der Waals surface area contributed by atoms with Gasteiger partial charge in [0.15, 0.2) is 0 Å². The van der Waals surface area contributed by atoms with E-state index in [1.165, 1.54) is 0 Å². The number of nitrogens with zero attached hydrogens (tertiary/aromatic N) is 3. The second kappa shape index (κ2) is 6.27. The molecule has 0 spiro atoms. The van der Waals surface area contributed by atoms with Crippen LogP contribution in [0.1, 0.15) is 34.9 Å². The molecule has 6 nitrogen and oxygen atoms in total. The van der Waals surface area contributed by atoms with Crippen molar-refractivity contribution in [2.24, 2.45) is 5.92 Å². The zero-order valence-electron chi connectivity index (χ0n) is 12.5. The molecule has 1 fully saturated rings. The van der Waals surface area contributed by atoms with Crippen molar-refractivity contribution in [1.82, 2.24) is 15.0 Å². The van der Waals surface area contributed by atoms with Gasteiger partial charge in [-0.05, 0) is 24.3 Å². The molecule has 1 unspecified atom stereocenters. The molecule has 1 saturated carbocycles. The van der Waals surface area contributed by atoms with Gasteiger partial charge in [-0.25, -0.2) is 0 Å². The third-order valence-electron chi connectivity index (χ3n) is 3.93. The Hall–Kier alpha value is -2.21. The van der Waals surface area contributed by atoms with Gasteiger partial charge in [0.2, 0.25) is 5.89 Å². The maximum atomic E-state index is 12.7. The standard InChI is InChI=1S/C16H19N3O3/c1-11-17-15(18-22-11)16(21)19(14(10-20)13-7-8-13)9-12-5-3-2-4-6-12/h2-6,13-14,20H,7-10H2,1H3. The number of hydrogen-bond donors (Lipinski definition) is 1. The van der Waals surface area contributed by atoms with Gasteiger partial charge in [-0.1, -0.05) is 35.5 Å². The van der Waals surface area contributed by atoms with E-state index in [2.05, 4.69) is 10.1 Å². The van der Waals surface area contributed by atoms with Crippen LogP contribution in [-0.2, 0) is 6.54 Å². The van der Waals surface area contributed by atoms with Gasteiger partial charge in [0.1, 0.15) is 0 Å². The molecule has 116 valence electrons. The highest BCUT2D eigenvalue weighted by Crippen LogP contribution is 2.36. The molecular weight excluding hydrogens is 282 g/mol. The van der Waals surface area contributed by atoms with Crippen molar-refractivity contribution in [2.45, 2.75) is 32.4 Å². The van der Waals surface area contributed by atoms with E-state index >= 15 is 0 Å². The van der Waals surface area contributed by atoms with E-state index in [1.807, 2.05) is 30.3 Å². The smallest absolute Gasteiger partial charge is 0.295 e. The molecule has 22 heavy (non-hydrogen) atoms. The van der Waals surface area contributed by atoms with Gasteiger partial charge in [0.05, 0.1) is 12.6 Å². The SMILES string of the molecule is Cc1nc(C(=O)N(Cc2ccccc2)C(CO)C2CC2)no1. The van der Waals surface area contributed by atoms with Gasteiger partial charge in [-0.3, -0.25) is 4.79 Å². The molecule has 2 aromatic rings. The normalized spacial score (nSPS) is 15.5. The largest absolute Gasteiger partial charge is 0.394 e. The summed E-state index contributed by atoms with van der Waals surface area (Å²) in [5.41, 5.74) is 1.01. The zero-order valence-corrected chi connectivity index (χ0v) is 12.5. The molecule has 1 aliphatic rings. The summed E-state index contributed by atoms with van der Waals surface area (Å²) in [6.45, 7) is 2.02. The molecule has 0 aliphatic heterocycles. The third-order valence-corrected chi connectivity index (χ3v) is 3.93. The molecule has 0 radical (unpaired) electrons. The van der Waals surface area contributed by atoms with Crippen LogP contribution in [-0.4, -0.2) is 38.7 Å². The summed E-state index contributed by atoms with van der Waals surface area (Å²) in [6.07, 6.45) is 2.07. The number of rotatable bonds is 6. The van der Waals surface area contributed by atoms with Crippen molar-refractivity contribution in [3.63, 3.8) is 0 Å². The molecule has 0 bridgehead atoms. The van der Waals surface area contributed by atoms with Gasteiger partial charge >= 0.3 is 0 Å². The molecule has 1 aromatic carbocycles. The van der Waals surface area contributed by atoms with Crippen molar-refractivity contribution in [1.29, 1.82) is 0 Å². The zero-order chi connectivity index (χ0) is 15.5. The molecule has 6 heteroatoms. The van der Waals surface area contributed by atoms with Crippen molar-refractivity contribution in [3.05, 3.63) is 47.6 Å². The summed E-state index contributed by atoms with van der Waals surface area (Å²) in [6, 6.07) is 9.52. The Balaban J connectivity index is 1.86. The van der Waals surface area contributed by atoms with E-state index in [0.29, 0.717) is 18.4 Å². The molecule has 3 rings (SSSR count). The Labute approximate surface area is 128 Å². The van der Waals surface area contributed by atoms with Crippen LogP contribution < -0.4 is 0 Å². The molecule has 1 N–H and O–H groups in total. The van der Waals surface area contributed by atoms with Gasteiger partial charge in [-0.15, -0.1) is 0 Å². The third kappa shape index (κ3) is 3.17. The van der Waals surface area contributed by atoms with Crippen molar-refractivity contribution in [2.75, 3.05) is 6.61 Å². The number of carbonyl (C=O) groups is 1. The van der Waals surface area contributed by atoms with Crippen LogP contribution in [0.4, 0.5) is 0 Å². The lowest BCUT2D eigenvalue weighted by Crippen LogP contribution is -2.43. The van der Waals surface area contributed by atoms with E-state index in [9.17, 15) is 9.90 Å². The Bertz CT molecular complexity index is 637. The van der Waals surface area contributed by atoms with Crippen LogP contribution in [0.15, 0.2) is 34.9 Å². The summed E-state index contributed by atoms with van der Waals surface area (Å²) in [5, 5.41) is 13.4. The Morgan fingerprint density at radius 1 is 1.41 bits per heavy atom. The molecule has 0 saturated heterocycles. The lowest BCUT2D eigenvalue weighted by Gasteiger charge is -2.30. The number of aryl methyl sites for hydroxylation is 1. The van der Waals surface area contributed by atoms with Crippen LogP contribution >= 0.6 is 0 Å². The van der Waals surface area contributed by atoms with E-state index in [-0.39, 0.29) is 24.4 Å². The molecular formula is C16H19N3O3. The lowest BCUT2D eigenvalue weighted by atomic mass is 10.1. The maximum absolute atomic E-state index is 12.7. The number of benzene rings is 1. The highest BCUT2D eigenvalue weighted by Gasteiger charge is 2.38. The van der Waals surface area contributed by atoms with Crippen molar-refractivity contribution < 1.29 is 14.4 Å². The highest BCUT2D eigenvalue weighted by molar-refractivity contribution is 5.90. The van der Waals surface area contributed by atoms with E-state index in [4.69, 9.17) is 4.52 Å². The fourth-order valence-electron chi connectivity index (χ4n) is 2.62. The fourth-order valence-corrected chi connectivity index (χ4v) is 2.62. The van der Waals surface area contributed by atoms with E-state index in [0.717, 1.165) is 18.4 Å². The first-order chi connectivity index (χ1) is 10.7. The summed E-state index contributed by atoms with van der Waals surface area (Å²) >= 11 is 0. The molecule has 1 aliphatic carbocycles. The van der Waals surface area contributed by atoms with Gasteiger partial charge < -0.3 is 14.5 Å². The lowest BCUT2D eigenvalue weighted by molar-refractivity contribution is 0.0516. The minimum Gasteiger partial charge on any atom is -0.394 e. The van der Waals surface area contributed by atoms with Crippen LogP contribution in [0.2, 0.25) is 0 Å². The van der Waals surface area contributed by atoms with E-state index in [1.54, 1.807) is 11.8 Å². The number of carbonyl (C=O) groups excluding carboxylic acids is 1. The first-order valence-corrected chi connectivity index (χ1v) is 7.45. The van der Waals surface area contributed by atoms with Crippen LogP contribution in [0, 0.1) is 12.8 Å². The second-order valence-electron chi connectivity index (χ2n) is 5.64. The molecule has 1 amide bonds. The van der Waals surface area contributed by atoms with Gasteiger partial charge in [-0.2, -0.15) is 4.98 Å². The summed E-state index contributed by atoms with van der Waals surface area (Å²) in [5.74, 6) is 0.458. The highest BCUT2D eigenvalue weighted by atomic mass is 16.5. The molecule has 1 aromatic heterocycles. The molecule has 1 atom stereocenters.